The Morgan fingerprint density at radius 1 is 1.40 bits per heavy atom. The van der Waals surface area contributed by atoms with Crippen molar-refractivity contribution < 1.29 is 4.92 Å². The molecule has 0 aliphatic rings. The Balaban J connectivity index is 2.06. The van der Waals surface area contributed by atoms with E-state index in [1.807, 2.05) is 14.0 Å². The number of nitro benzene ring substituents is 1. The van der Waals surface area contributed by atoms with Crippen LogP contribution in [0, 0.1) is 17.0 Å². The third-order valence-electron chi connectivity index (χ3n) is 3.21. The van der Waals surface area contributed by atoms with Crippen LogP contribution >= 0.6 is 15.9 Å². The van der Waals surface area contributed by atoms with Gasteiger partial charge < -0.3 is 5.32 Å². The number of rotatable bonds is 5. The predicted octanol–water partition coefficient (Wildman–Crippen LogP) is 2.69. The number of hydrogen-bond donors (Lipinski definition) is 1. The fraction of sp³-hybridized carbons (Fsp3) is 0.308. The minimum Gasteiger partial charge on any atom is -0.308 e. The van der Waals surface area contributed by atoms with Crippen LogP contribution in [0.25, 0.3) is 0 Å². The van der Waals surface area contributed by atoms with E-state index in [1.165, 1.54) is 6.07 Å². The van der Waals surface area contributed by atoms with Gasteiger partial charge in [0.15, 0.2) is 0 Å². The molecular formula is C13H15BrN4O2. The Labute approximate surface area is 125 Å². The van der Waals surface area contributed by atoms with E-state index in [4.69, 9.17) is 0 Å². The molecule has 0 atom stereocenters. The standard InChI is InChI=1S/C13H15BrN4O2/c1-9-11(8-16-17(9)2)7-15-6-10-5-12(14)3-4-13(10)18(19)20/h3-5,8,15H,6-7H2,1-2H3. The lowest BCUT2D eigenvalue weighted by Gasteiger charge is -2.06. The SMILES string of the molecule is Cc1c(CNCc2cc(Br)ccc2[N+](=O)[O-])cnn1C. The second-order valence-corrected chi connectivity index (χ2v) is 5.43. The van der Waals surface area contributed by atoms with Gasteiger partial charge in [0, 0.05) is 47.5 Å². The summed E-state index contributed by atoms with van der Waals surface area (Å²) in [5.41, 5.74) is 2.96. The van der Waals surface area contributed by atoms with E-state index in [0.717, 1.165) is 15.7 Å². The highest BCUT2D eigenvalue weighted by Gasteiger charge is 2.13. The number of nitrogens with zero attached hydrogens (tertiary/aromatic N) is 3. The maximum Gasteiger partial charge on any atom is 0.273 e. The van der Waals surface area contributed by atoms with Crippen molar-refractivity contribution in [1.82, 2.24) is 15.1 Å². The first-order valence-corrected chi connectivity index (χ1v) is 6.89. The van der Waals surface area contributed by atoms with Gasteiger partial charge in [-0.2, -0.15) is 5.10 Å². The number of aromatic nitrogens is 2. The second kappa shape index (κ2) is 6.15. The molecule has 1 N–H and O–H groups in total. The van der Waals surface area contributed by atoms with Crippen LogP contribution in [0.2, 0.25) is 0 Å². The summed E-state index contributed by atoms with van der Waals surface area (Å²) in [5, 5.41) is 18.4. The molecule has 1 aromatic carbocycles. The summed E-state index contributed by atoms with van der Waals surface area (Å²) in [7, 11) is 1.89. The van der Waals surface area contributed by atoms with Crippen molar-refractivity contribution in [3.05, 3.63) is 55.8 Å². The zero-order valence-electron chi connectivity index (χ0n) is 11.3. The van der Waals surface area contributed by atoms with Crippen LogP contribution in [0.5, 0.6) is 0 Å². The molecule has 0 bridgehead atoms. The average molecular weight is 339 g/mol. The van der Waals surface area contributed by atoms with E-state index in [2.05, 4.69) is 26.3 Å². The van der Waals surface area contributed by atoms with Crippen LogP contribution in [0.4, 0.5) is 5.69 Å². The summed E-state index contributed by atoms with van der Waals surface area (Å²) in [5.74, 6) is 0. The molecule has 0 aliphatic heterocycles. The van der Waals surface area contributed by atoms with E-state index < -0.39 is 0 Å². The highest BCUT2D eigenvalue weighted by atomic mass is 79.9. The Morgan fingerprint density at radius 3 is 2.70 bits per heavy atom. The number of nitro groups is 1. The first-order chi connectivity index (χ1) is 9.49. The summed E-state index contributed by atoms with van der Waals surface area (Å²) in [6.07, 6.45) is 1.80. The topological polar surface area (TPSA) is 73.0 Å². The molecule has 0 unspecified atom stereocenters. The third-order valence-corrected chi connectivity index (χ3v) is 3.70. The second-order valence-electron chi connectivity index (χ2n) is 4.51. The summed E-state index contributed by atoms with van der Waals surface area (Å²) in [4.78, 5) is 10.6. The van der Waals surface area contributed by atoms with Gasteiger partial charge in [0.1, 0.15) is 0 Å². The lowest BCUT2D eigenvalue weighted by atomic mass is 10.1. The quantitative estimate of drug-likeness (QED) is 0.671. The molecule has 20 heavy (non-hydrogen) atoms. The van der Waals surface area contributed by atoms with Gasteiger partial charge >= 0.3 is 0 Å². The molecule has 0 spiro atoms. The maximum absolute atomic E-state index is 11.0. The third kappa shape index (κ3) is 3.23. The number of hydrogen-bond acceptors (Lipinski definition) is 4. The van der Waals surface area contributed by atoms with Gasteiger partial charge in [-0.15, -0.1) is 0 Å². The molecule has 7 heteroatoms. The van der Waals surface area contributed by atoms with Crippen molar-refractivity contribution >= 4 is 21.6 Å². The van der Waals surface area contributed by atoms with Crippen molar-refractivity contribution in [3.63, 3.8) is 0 Å². The number of halogens is 1. The van der Waals surface area contributed by atoms with Gasteiger partial charge in [-0.25, -0.2) is 0 Å². The summed E-state index contributed by atoms with van der Waals surface area (Å²) in [6, 6.07) is 4.95. The van der Waals surface area contributed by atoms with Gasteiger partial charge in [0.05, 0.1) is 11.1 Å². The highest BCUT2D eigenvalue weighted by molar-refractivity contribution is 9.10. The van der Waals surface area contributed by atoms with Crippen molar-refractivity contribution in [1.29, 1.82) is 0 Å². The molecule has 1 heterocycles. The van der Waals surface area contributed by atoms with Gasteiger partial charge in [-0.05, 0) is 19.1 Å². The molecule has 1 aromatic heterocycles. The summed E-state index contributed by atoms with van der Waals surface area (Å²) >= 11 is 3.33. The van der Waals surface area contributed by atoms with Crippen LogP contribution in [0.3, 0.4) is 0 Å². The molecule has 0 aliphatic carbocycles. The monoisotopic (exact) mass is 338 g/mol. The Hall–Kier alpha value is -1.73. The smallest absolute Gasteiger partial charge is 0.273 e. The highest BCUT2D eigenvalue weighted by Crippen LogP contribution is 2.23. The van der Waals surface area contributed by atoms with Crippen LogP contribution < -0.4 is 5.32 Å². The van der Waals surface area contributed by atoms with Crippen LogP contribution in [0.1, 0.15) is 16.8 Å². The van der Waals surface area contributed by atoms with Gasteiger partial charge in [0.2, 0.25) is 0 Å². The van der Waals surface area contributed by atoms with E-state index >= 15 is 0 Å². The van der Waals surface area contributed by atoms with Gasteiger partial charge in [-0.1, -0.05) is 15.9 Å². The van der Waals surface area contributed by atoms with Gasteiger partial charge in [0.25, 0.3) is 5.69 Å². The maximum atomic E-state index is 11.0. The molecule has 0 amide bonds. The lowest BCUT2D eigenvalue weighted by Crippen LogP contribution is -2.14. The van der Waals surface area contributed by atoms with E-state index in [0.29, 0.717) is 18.7 Å². The molecule has 2 rings (SSSR count). The van der Waals surface area contributed by atoms with Crippen molar-refractivity contribution in [3.8, 4) is 0 Å². The lowest BCUT2D eigenvalue weighted by molar-refractivity contribution is -0.385. The average Bonchev–Trinajstić information content (AvgIpc) is 2.70. The van der Waals surface area contributed by atoms with E-state index in [9.17, 15) is 10.1 Å². The molecular weight excluding hydrogens is 324 g/mol. The fourth-order valence-electron chi connectivity index (χ4n) is 1.92. The molecule has 0 saturated carbocycles. The largest absolute Gasteiger partial charge is 0.308 e. The summed E-state index contributed by atoms with van der Waals surface area (Å²) in [6.45, 7) is 3.05. The predicted molar refractivity (Wildman–Crippen MR) is 79.3 cm³/mol. The number of nitrogens with one attached hydrogen (secondary N) is 1. The Morgan fingerprint density at radius 2 is 2.10 bits per heavy atom. The summed E-state index contributed by atoms with van der Waals surface area (Å²) < 4.78 is 2.64. The molecule has 0 radical (unpaired) electrons. The van der Waals surface area contributed by atoms with E-state index in [1.54, 1.807) is 23.0 Å². The zero-order valence-corrected chi connectivity index (χ0v) is 12.8. The Bertz CT molecular complexity index is 639. The minimum atomic E-state index is -0.362. The minimum absolute atomic E-state index is 0.128. The normalized spacial score (nSPS) is 10.8. The first-order valence-electron chi connectivity index (χ1n) is 6.10. The van der Waals surface area contributed by atoms with Crippen molar-refractivity contribution in [2.45, 2.75) is 20.0 Å². The molecule has 2 aromatic rings. The molecule has 106 valence electrons. The van der Waals surface area contributed by atoms with Gasteiger partial charge in [-0.3, -0.25) is 14.8 Å². The Kier molecular flexibility index (Phi) is 4.51. The van der Waals surface area contributed by atoms with E-state index in [-0.39, 0.29) is 10.6 Å². The van der Waals surface area contributed by atoms with Crippen LogP contribution in [0.15, 0.2) is 28.9 Å². The molecule has 0 saturated heterocycles. The number of benzene rings is 1. The molecule has 6 nitrogen and oxygen atoms in total. The molecule has 0 fully saturated rings. The van der Waals surface area contributed by atoms with Crippen molar-refractivity contribution in [2.75, 3.05) is 0 Å². The van der Waals surface area contributed by atoms with Crippen molar-refractivity contribution in [2.24, 2.45) is 7.05 Å². The first kappa shape index (κ1) is 14.7. The van der Waals surface area contributed by atoms with Crippen LogP contribution in [-0.2, 0) is 20.1 Å². The fourth-order valence-corrected chi connectivity index (χ4v) is 2.33. The number of aryl methyl sites for hydroxylation is 1. The van der Waals surface area contributed by atoms with Crippen LogP contribution in [-0.4, -0.2) is 14.7 Å². The zero-order chi connectivity index (χ0) is 14.7.